The highest BCUT2D eigenvalue weighted by atomic mass is 32.2. The molecule has 0 aliphatic heterocycles. The van der Waals surface area contributed by atoms with E-state index in [2.05, 4.69) is 15.0 Å². The Kier molecular flexibility index (Phi) is 4.58. The van der Waals surface area contributed by atoms with E-state index in [1.807, 2.05) is 6.07 Å². The van der Waals surface area contributed by atoms with Gasteiger partial charge in [-0.3, -0.25) is 13.8 Å². The summed E-state index contributed by atoms with van der Waals surface area (Å²) in [5.74, 6) is -1.33. The molecule has 5 nitrogen and oxygen atoms in total. The first kappa shape index (κ1) is 17.2. The summed E-state index contributed by atoms with van der Waals surface area (Å²) in [6, 6.07) is 12.1. The second-order valence-electron chi connectivity index (χ2n) is 4.87. The molecule has 0 fully saturated rings. The van der Waals surface area contributed by atoms with Crippen molar-refractivity contribution in [2.75, 3.05) is 7.05 Å². The van der Waals surface area contributed by atoms with Crippen LogP contribution >= 0.6 is 11.9 Å². The Bertz CT molecular complexity index is 910. The predicted octanol–water partition coefficient (Wildman–Crippen LogP) is 3.85. The number of carbonyl (C=O) groups is 1. The Balaban J connectivity index is 2.25. The summed E-state index contributed by atoms with van der Waals surface area (Å²) in [5, 5.41) is 2.35. The Hall–Kier alpha value is -2.68. The fourth-order valence-electron chi connectivity index (χ4n) is 2.27. The van der Waals surface area contributed by atoms with Crippen LogP contribution in [-0.4, -0.2) is 28.3 Å². The summed E-state index contributed by atoms with van der Waals surface area (Å²) in [6.07, 6.45) is -3.60. The van der Waals surface area contributed by atoms with Crippen LogP contribution in [0.4, 0.5) is 13.2 Å². The number of nitrogens with zero attached hydrogens (tertiary/aromatic N) is 2. The Morgan fingerprint density at radius 3 is 2.56 bits per heavy atom. The maximum atomic E-state index is 12.9. The third-order valence-corrected chi connectivity index (χ3v) is 4.28. The van der Waals surface area contributed by atoms with Gasteiger partial charge in [-0.2, -0.15) is 0 Å². The molecule has 9 heteroatoms. The zero-order valence-corrected chi connectivity index (χ0v) is 13.7. The fraction of sp³-hybridized carbons (Fsp3) is 0.125. The summed E-state index contributed by atoms with van der Waals surface area (Å²) < 4.78 is 44.1. The van der Waals surface area contributed by atoms with Gasteiger partial charge in [-0.25, -0.2) is 0 Å². The van der Waals surface area contributed by atoms with Crippen LogP contribution in [0.5, 0.6) is 5.75 Å². The minimum Gasteiger partial charge on any atom is -0.401 e. The third kappa shape index (κ3) is 3.55. The van der Waals surface area contributed by atoms with Gasteiger partial charge in [0, 0.05) is 18.1 Å². The van der Waals surface area contributed by atoms with Crippen LogP contribution in [0.3, 0.4) is 0 Å². The lowest BCUT2D eigenvalue weighted by atomic mass is 10.3. The van der Waals surface area contributed by atoms with Crippen molar-refractivity contribution >= 4 is 28.9 Å². The van der Waals surface area contributed by atoms with Gasteiger partial charge in [0.2, 0.25) is 0 Å². The molecule has 0 spiro atoms. The van der Waals surface area contributed by atoms with Crippen molar-refractivity contribution in [1.29, 1.82) is 0 Å². The van der Waals surface area contributed by atoms with Crippen molar-refractivity contribution in [3.05, 3.63) is 54.4 Å². The molecule has 0 saturated heterocycles. The van der Waals surface area contributed by atoms with Gasteiger partial charge in [-0.05, 0) is 36.2 Å². The second-order valence-corrected chi connectivity index (χ2v) is 5.89. The van der Waals surface area contributed by atoms with Gasteiger partial charge in [0.1, 0.15) is 5.52 Å². The Morgan fingerprint density at radius 1 is 1.20 bits per heavy atom. The molecule has 130 valence electrons. The molecule has 0 radical (unpaired) electrons. The summed E-state index contributed by atoms with van der Waals surface area (Å²) in [5.41, 5.74) is 0.0402. The minimum absolute atomic E-state index is 0.0399. The molecule has 0 unspecified atom stereocenters. The number of benzene rings is 1. The van der Waals surface area contributed by atoms with Crippen LogP contribution < -0.4 is 10.1 Å². The normalized spacial score (nSPS) is 11.5. The monoisotopic (exact) mass is 367 g/mol. The molecule has 3 rings (SSSR count). The van der Waals surface area contributed by atoms with E-state index >= 15 is 0 Å². The molecule has 0 aliphatic rings. The number of amides is 1. The molecular formula is C16H12F3N3O2S. The van der Waals surface area contributed by atoms with E-state index in [1.54, 1.807) is 36.4 Å². The summed E-state index contributed by atoms with van der Waals surface area (Å²) in [6.45, 7) is 0. The lowest BCUT2D eigenvalue weighted by Crippen LogP contribution is -2.24. The Morgan fingerprint density at radius 2 is 1.92 bits per heavy atom. The summed E-state index contributed by atoms with van der Waals surface area (Å²) in [4.78, 5) is 17.0. The van der Waals surface area contributed by atoms with Gasteiger partial charge in [0.05, 0.1) is 5.52 Å². The molecule has 3 aromatic rings. The number of fused-ring (bicyclic) bond motifs is 1. The fourth-order valence-corrected chi connectivity index (χ4v) is 3.26. The quantitative estimate of drug-likeness (QED) is 0.761. The van der Waals surface area contributed by atoms with Crippen molar-refractivity contribution in [2.45, 2.75) is 11.3 Å². The summed E-state index contributed by atoms with van der Waals surface area (Å²) in [7, 11) is 1.34. The first-order valence-corrected chi connectivity index (χ1v) is 7.88. The van der Waals surface area contributed by atoms with Gasteiger partial charge < -0.3 is 10.1 Å². The first-order chi connectivity index (χ1) is 11.9. The van der Waals surface area contributed by atoms with Crippen LogP contribution in [0.2, 0.25) is 0 Å². The minimum atomic E-state index is -4.95. The van der Waals surface area contributed by atoms with Crippen LogP contribution in [-0.2, 0) is 0 Å². The zero-order valence-electron chi connectivity index (χ0n) is 12.9. The highest BCUT2D eigenvalue weighted by molar-refractivity contribution is 7.98. The van der Waals surface area contributed by atoms with Gasteiger partial charge >= 0.3 is 6.36 Å². The highest BCUT2D eigenvalue weighted by Gasteiger charge is 2.37. The average Bonchev–Trinajstić information content (AvgIpc) is 2.87. The Labute approximate surface area is 144 Å². The molecular weight excluding hydrogens is 355 g/mol. The number of pyridine rings is 1. The standard InChI is InChI=1S/C16H12F3N3O2S/c1-20-15(23)13-14(24-16(17,18)19)12-11(8-5-9-21-12)22(13)25-10-6-3-2-4-7-10/h2-9H,1H3,(H,20,23). The van der Waals surface area contributed by atoms with Crippen LogP contribution in [0, 0.1) is 0 Å². The van der Waals surface area contributed by atoms with Crippen molar-refractivity contribution in [1.82, 2.24) is 14.3 Å². The van der Waals surface area contributed by atoms with Gasteiger partial charge in [-0.1, -0.05) is 18.2 Å². The highest BCUT2D eigenvalue weighted by Crippen LogP contribution is 2.39. The van der Waals surface area contributed by atoms with E-state index in [-0.39, 0.29) is 11.2 Å². The van der Waals surface area contributed by atoms with E-state index in [0.717, 1.165) is 16.8 Å². The number of nitrogens with one attached hydrogen (secondary N) is 1. The number of hydrogen-bond donors (Lipinski definition) is 1. The number of ether oxygens (including phenoxy) is 1. The lowest BCUT2D eigenvalue weighted by Gasteiger charge is -2.11. The third-order valence-electron chi connectivity index (χ3n) is 3.24. The molecule has 25 heavy (non-hydrogen) atoms. The van der Waals surface area contributed by atoms with E-state index in [1.165, 1.54) is 17.2 Å². The summed E-state index contributed by atoms with van der Waals surface area (Å²) >= 11 is 1.10. The second kappa shape index (κ2) is 6.67. The van der Waals surface area contributed by atoms with E-state index in [9.17, 15) is 18.0 Å². The number of alkyl halides is 3. The van der Waals surface area contributed by atoms with Crippen LogP contribution in [0.1, 0.15) is 10.5 Å². The number of carbonyl (C=O) groups excluding carboxylic acids is 1. The van der Waals surface area contributed by atoms with Crippen LogP contribution in [0.15, 0.2) is 53.6 Å². The largest absolute Gasteiger partial charge is 0.573 e. The number of rotatable bonds is 4. The smallest absolute Gasteiger partial charge is 0.401 e. The molecule has 2 heterocycles. The van der Waals surface area contributed by atoms with Gasteiger partial charge in [0.15, 0.2) is 11.4 Å². The van der Waals surface area contributed by atoms with Gasteiger partial charge in [0.25, 0.3) is 5.91 Å². The average molecular weight is 367 g/mol. The van der Waals surface area contributed by atoms with E-state index in [4.69, 9.17) is 0 Å². The van der Waals surface area contributed by atoms with Crippen molar-refractivity contribution in [3.8, 4) is 5.75 Å². The topological polar surface area (TPSA) is 56.1 Å². The number of aromatic nitrogens is 2. The zero-order chi connectivity index (χ0) is 18.0. The lowest BCUT2D eigenvalue weighted by molar-refractivity contribution is -0.274. The maximum Gasteiger partial charge on any atom is 0.573 e. The maximum absolute atomic E-state index is 12.9. The molecule has 2 aromatic heterocycles. The molecule has 0 saturated carbocycles. The number of hydrogen-bond acceptors (Lipinski definition) is 4. The van der Waals surface area contributed by atoms with E-state index in [0.29, 0.717) is 5.52 Å². The molecule has 1 amide bonds. The SMILES string of the molecule is CNC(=O)c1c(OC(F)(F)F)c2ncccc2n1Sc1ccccc1. The molecule has 0 bridgehead atoms. The first-order valence-electron chi connectivity index (χ1n) is 7.11. The van der Waals surface area contributed by atoms with Crippen molar-refractivity contribution < 1.29 is 22.7 Å². The number of halogens is 3. The van der Waals surface area contributed by atoms with Crippen molar-refractivity contribution in [3.63, 3.8) is 0 Å². The van der Waals surface area contributed by atoms with E-state index < -0.39 is 18.0 Å². The molecule has 0 atom stereocenters. The molecule has 1 aromatic carbocycles. The molecule has 0 aliphatic carbocycles. The van der Waals surface area contributed by atoms with Crippen molar-refractivity contribution in [2.24, 2.45) is 0 Å². The van der Waals surface area contributed by atoms with Gasteiger partial charge in [-0.15, -0.1) is 13.2 Å². The predicted molar refractivity (Wildman–Crippen MR) is 87.5 cm³/mol. The van der Waals surface area contributed by atoms with Crippen LogP contribution in [0.25, 0.3) is 11.0 Å². The molecule has 1 N–H and O–H groups in total.